The van der Waals surface area contributed by atoms with E-state index in [-0.39, 0.29) is 67.9 Å². The third-order valence-corrected chi connectivity index (χ3v) is 14.0. The second-order valence-corrected chi connectivity index (χ2v) is 20.5. The third-order valence-electron chi connectivity index (χ3n) is 14.0. The van der Waals surface area contributed by atoms with Gasteiger partial charge in [-0.1, -0.05) is 160 Å². The van der Waals surface area contributed by atoms with Crippen LogP contribution in [0.1, 0.15) is 246 Å². The van der Waals surface area contributed by atoms with E-state index in [4.69, 9.17) is 18.9 Å². The molecule has 2 aliphatic rings. The molecule has 0 aromatic carbocycles. The second kappa shape index (κ2) is 39.9. The summed E-state index contributed by atoms with van der Waals surface area (Å²) in [6.07, 6.45) is 47.9. The number of carbonyl (C=O) groups is 4. The number of rotatable bonds is 42. The van der Waals surface area contributed by atoms with E-state index in [0.717, 1.165) is 103 Å². The van der Waals surface area contributed by atoms with Gasteiger partial charge in [0, 0.05) is 31.7 Å². The highest BCUT2D eigenvalue weighted by molar-refractivity contribution is 5.77. The molecule has 9 heteroatoms. The minimum atomic E-state index is -0.872. The smallest absolute Gasteiger partial charge is 0.313 e. The average Bonchev–Trinajstić information content (AvgIpc) is 3.87. The number of allylic oxidation sites excluding steroid dienone is 6. The first-order chi connectivity index (χ1) is 32.6. The Morgan fingerprint density at radius 2 is 1.06 bits per heavy atom. The Kier molecular flexibility index (Phi) is 35.8. The lowest BCUT2D eigenvalue weighted by Crippen LogP contribution is -2.37. The molecule has 0 aromatic rings. The van der Waals surface area contributed by atoms with Crippen molar-refractivity contribution in [1.29, 1.82) is 0 Å². The number of hydrogen-bond donors (Lipinski definition) is 0. The number of likely N-dealkylation sites (tertiary alicyclic amines) is 1. The molecular formula is C58H101NO8. The predicted octanol–water partition coefficient (Wildman–Crippen LogP) is 15.1. The van der Waals surface area contributed by atoms with Gasteiger partial charge in [0.05, 0.1) is 5.41 Å². The first kappa shape index (κ1) is 60.2. The van der Waals surface area contributed by atoms with Crippen LogP contribution >= 0.6 is 0 Å². The van der Waals surface area contributed by atoms with E-state index in [0.29, 0.717) is 19.4 Å². The Morgan fingerprint density at radius 1 is 0.582 bits per heavy atom. The SMILES string of the molecule is CC/C=C\CC1C(CC(=O)OCC(COC(=O)CCCCCCC/C=C\CCCCCCCC)OC(=O)CCCCCCC/C=C\CCCCCCCC)CCC1OC(=O)C1(C)CCN(C)C1. The summed E-state index contributed by atoms with van der Waals surface area (Å²) in [5.41, 5.74) is -0.514. The Hall–Kier alpha value is -2.94. The van der Waals surface area contributed by atoms with Crippen LogP contribution in [0, 0.1) is 17.3 Å². The quantitative estimate of drug-likeness (QED) is 0.0256. The number of hydrogen-bond acceptors (Lipinski definition) is 9. The molecule has 1 heterocycles. The summed E-state index contributed by atoms with van der Waals surface area (Å²) in [6, 6.07) is 0. The normalized spacial score (nSPS) is 20.3. The summed E-state index contributed by atoms with van der Waals surface area (Å²) in [5, 5.41) is 0. The average molecular weight is 940 g/mol. The van der Waals surface area contributed by atoms with Crippen molar-refractivity contribution in [2.45, 2.75) is 258 Å². The van der Waals surface area contributed by atoms with Crippen LogP contribution in [0.15, 0.2) is 36.5 Å². The van der Waals surface area contributed by atoms with E-state index in [9.17, 15) is 19.2 Å². The highest BCUT2D eigenvalue weighted by Crippen LogP contribution is 2.41. The van der Waals surface area contributed by atoms with Crippen LogP contribution in [-0.4, -0.2) is 74.3 Å². The largest absolute Gasteiger partial charge is 0.462 e. The van der Waals surface area contributed by atoms with Gasteiger partial charge in [-0.2, -0.15) is 0 Å². The summed E-state index contributed by atoms with van der Waals surface area (Å²) in [7, 11) is 2.03. The highest BCUT2D eigenvalue weighted by atomic mass is 16.6. The van der Waals surface area contributed by atoms with Crippen LogP contribution in [0.25, 0.3) is 0 Å². The van der Waals surface area contributed by atoms with Gasteiger partial charge >= 0.3 is 23.9 Å². The molecule has 0 spiro atoms. The van der Waals surface area contributed by atoms with E-state index in [1.807, 2.05) is 14.0 Å². The molecule has 0 amide bonds. The molecule has 5 unspecified atom stereocenters. The third kappa shape index (κ3) is 30.3. The van der Waals surface area contributed by atoms with Gasteiger partial charge in [0.2, 0.25) is 0 Å². The molecule has 0 radical (unpaired) electrons. The van der Waals surface area contributed by atoms with Gasteiger partial charge in [-0.15, -0.1) is 0 Å². The highest BCUT2D eigenvalue weighted by Gasteiger charge is 2.45. The molecule has 2 rings (SSSR count). The number of ether oxygens (including phenoxy) is 4. The molecule has 67 heavy (non-hydrogen) atoms. The van der Waals surface area contributed by atoms with Crippen LogP contribution in [0.5, 0.6) is 0 Å². The number of nitrogens with zero attached hydrogens (tertiary/aromatic N) is 1. The molecule has 1 aliphatic heterocycles. The molecule has 1 aliphatic carbocycles. The van der Waals surface area contributed by atoms with Crippen molar-refractivity contribution >= 4 is 23.9 Å². The Balaban J connectivity index is 1.81. The van der Waals surface area contributed by atoms with Crippen LogP contribution in [-0.2, 0) is 38.1 Å². The van der Waals surface area contributed by atoms with Crippen molar-refractivity contribution in [3.05, 3.63) is 36.5 Å². The maximum atomic E-state index is 13.4. The lowest BCUT2D eigenvalue weighted by atomic mass is 9.87. The Bertz CT molecular complexity index is 1380. The summed E-state index contributed by atoms with van der Waals surface area (Å²) < 4.78 is 23.4. The minimum absolute atomic E-state index is 0.00260. The molecular weight excluding hydrogens is 839 g/mol. The van der Waals surface area contributed by atoms with Gasteiger partial charge in [-0.3, -0.25) is 19.2 Å². The monoisotopic (exact) mass is 940 g/mol. The summed E-state index contributed by atoms with van der Waals surface area (Å²) in [6.45, 7) is 9.84. The molecule has 0 bridgehead atoms. The zero-order valence-electron chi connectivity index (χ0n) is 43.9. The lowest BCUT2D eigenvalue weighted by molar-refractivity contribution is -0.167. The molecule has 5 atom stereocenters. The minimum Gasteiger partial charge on any atom is -0.462 e. The van der Waals surface area contributed by atoms with Crippen LogP contribution < -0.4 is 0 Å². The van der Waals surface area contributed by atoms with E-state index in [1.165, 1.54) is 96.3 Å². The lowest BCUT2D eigenvalue weighted by Gasteiger charge is -2.28. The van der Waals surface area contributed by atoms with Crippen molar-refractivity contribution in [2.24, 2.45) is 17.3 Å². The molecule has 1 saturated carbocycles. The zero-order chi connectivity index (χ0) is 48.6. The molecule has 9 nitrogen and oxygen atoms in total. The van der Waals surface area contributed by atoms with Crippen molar-refractivity contribution < 1.29 is 38.1 Å². The molecule has 0 N–H and O–H groups in total. The van der Waals surface area contributed by atoms with Crippen molar-refractivity contribution in [2.75, 3.05) is 33.4 Å². The van der Waals surface area contributed by atoms with Gasteiger partial charge < -0.3 is 23.8 Å². The van der Waals surface area contributed by atoms with Gasteiger partial charge in [0.15, 0.2) is 6.10 Å². The molecule has 386 valence electrons. The number of carbonyl (C=O) groups excluding carboxylic acids is 4. The van der Waals surface area contributed by atoms with E-state index in [1.54, 1.807) is 0 Å². The maximum absolute atomic E-state index is 13.4. The Labute approximate surface area is 410 Å². The standard InChI is InChI=1S/C58H101NO8/c1-6-9-12-14-16-18-20-22-24-26-28-30-32-34-37-40-54(60)64-47-51(66-55(61)41-38-35-33-31-29-27-25-23-21-19-17-15-13-10-7-2)48-65-56(62)46-50-42-43-53(52(50)39-36-11-8-3)67-57(63)58(4)44-45-59(5)49-58/h11,22-25,36,50-53H,6-10,12-21,26-35,37-49H2,1-5H3/b24-22-,25-23-,36-11-. The number of unbranched alkanes of at least 4 members (excludes halogenated alkanes) is 22. The van der Waals surface area contributed by atoms with E-state index < -0.39 is 11.5 Å². The van der Waals surface area contributed by atoms with Gasteiger partial charge in [-0.25, -0.2) is 0 Å². The summed E-state index contributed by atoms with van der Waals surface area (Å²) in [4.78, 5) is 54.8. The van der Waals surface area contributed by atoms with Crippen molar-refractivity contribution in [1.82, 2.24) is 4.90 Å². The van der Waals surface area contributed by atoms with Crippen LogP contribution in [0.4, 0.5) is 0 Å². The van der Waals surface area contributed by atoms with Gasteiger partial charge in [0.25, 0.3) is 0 Å². The van der Waals surface area contributed by atoms with Crippen molar-refractivity contribution in [3.8, 4) is 0 Å². The van der Waals surface area contributed by atoms with Crippen LogP contribution in [0.3, 0.4) is 0 Å². The van der Waals surface area contributed by atoms with E-state index in [2.05, 4.69) is 62.1 Å². The predicted molar refractivity (Wildman–Crippen MR) is 276 cm³/mol. The van der Waals surface area contributed by atoms with Crippen molar-refractivity contribution in [3.63, 3.8) is 0 Å². The zero-order valence-corrected chi connectivity index (χ0v) is 43.9. The molecule has 2 fully saturated rings. The molecule has 0 aromatic heterocycles. The maximum Gasteiger partial charge on any atom is 0.313 e. The summed E-state index contributed by atoms with van der Waals surface area (Å²) >= 11 is 0. The fourth-order valence-corrected chi connectivity index (χ4v) is 9.67. The van der Waals surface area contributed by atoms with E-state index >= 15 is 0 Å². The first-order valence-electron chi connectivity index (χ1n) is 28.0. The van der Waals surface area contributed by atoms with Gasteiger partial charge in [0.1, 0.15) is 19.3 Å². The topological polar surface area (TPSA) is 108 Å². The Morgan fingerprint density at radius 3 is 1.55 bits per heavy atom. The number of esters is 4. The summed E-state index contributed by atoms with van der Waals surface area (Å²) in [5.74, 6) is -1.21. The first-order valence-corrected chi connectivity index (χ1v) is 28.0. The fraction of sp³-hybridized carbons (Fsp3) is 0.828. The fourth-order valence-electron chi connectivity index (χ4n) is 9.67. The van der Waals surface area contributed by atoms with Gasteiger partial charge in [-0.05, 0) is 123 Å². The molecule has 1 saturated heterocycles. The second-order valence-electron chi connectivity index (χ2n) is 20.5. The van der Waals surface area contributed by atoms with Crippen LogP contribution in [0.2, 0.25) is 0 Å².